The predicted octanol–water partition coefficient (Wildman–Crippen LogP) is 3.58. The second-order valence-corrected chi connectivity index (χ2v) is 7.79. The van der Waals surface area contributed by atoms with Crippen LogP contribution in [0.1, 0.15) is 48.3 Å². The number of hydrogen-bond donors (Lipinski definition) is 1. The van der Waals surface area contributed by atoms with Gasteiger partial charge in [0.2, 0.25) is 5.88 Å². The van der Waals surface area contributed by atoms with Gasteiger partial charge in [-0.05, 0) is 61.2 Å². The Kier molecular flexibility index (Phi) is 6.45. The second-order valence-electron chi connectivity index (χ2n) is 7.79. The van der Waals surface area contributed by atoms with E-state index in [2.05, 4.69) is 39.5 Å². The van der Waals surface area contributed by atoms with E-state index in [1.807, 2.05) is 12.3 Å². The molecule has 1 atom stereocenters. The van der Waals surface area contributed by atoms with Gasteiger partial charge in [0.15, 0.2) is 0 Å². The number of pyridine rings is 1. The van der Waals surface area contributed by atoms with Gasteiger partial charge in [0.25, 0.3) is 0 Å². The number of piperidine rings is 1. The number of hydrogen-bond acceptors (Lipinski definition) is 5. The van der Waals surface area contributed by atoms with Crippen LogP contribution in [-0.4, -0.2) is 49.8 Å². The van der Waals surface area contributed by atoms with Gasteiger partial charge >= 0.3 is 0 Å². The van der Waals surface area contributed by atoms with Crippen molar-refractivity contribution in [3.63, 3.8) is 0 Å². The molecule has 28 heavy (non-hydrogen) atoms. The molecule has 150 valence electrons. The van der Waals surface area contributed by atoms with Crippen LogP contribution in [0.25, 0.3) is 0 Å². The van der Waals surface area contributed by atoms with E-state index in [4.69, 9.17) is 9.47 Å². The minimum absolute atomic E-state index is 0.291. The normalized spacial score (nSPS) is 19.8. The minimum atomic E-state index is 0.291. The van der Waals surface area contributed by atoms with Crippen LogP contribution in [0.15, 0.2) is 36.5 Å². The fourth-order valence-electron chi connectivity index (χ4n) is 4.30. The second kappa shape index (κ2) is 9.39. The fourth-order valence-corrected chi connectivity index (χ4v) is 4.30. The quantitative estimate of drug-likeness (QED) is 0.743. The summed E-state index contributed by atoms with van der Waals surface area (Å²) in [7, 11) is 1.71. The molecule has 0 aliphatic carbocycles. The first-order chi connectivity index (χ1) is 13.8. The average molecular weight is 382 g/mol. The number of methoxy groups -OCH3 is 1. The molecule has 0 spiro atoms. The number of rotatable bonds is 7. The molecular formula is C23H31N3O2. The lowest BCUT2D eigenvalue weighted by Gasteiger charge is -2.27. The molecule has 2 aromatic rings. The molecule has 5 heteroatoms. The average Bonchev–Trinajstić information content (AvgIpc) is 2.77. The van der Waals surface area contributed by atoms with Crippen LogP contribution in [0.5, 0.6) is 11.6 Å². The highest BCUT2D eigenvalue weighted by Gasteiger charge is 2.23. The summed E-state index contributed by atoms with van der Waals surface area (Å²) in [6, 6.07) is 10.4. The van der Waals surface area contributed by atoms with Gasteiger partial charge < -0.3 is 19.7 Å². The molecule has 0 radical (unpaired) electrons. The molecule has 4 rings (SSSR count). The summed E-state index contributed by atoms with van der Waals surface area (Å²) in [6.45, 7) is 6.13. The summed E-state index contributed by atoms with van der Waals surface area (Å²) in [4.78, 5) is 7.15. The van der Waals surface area contributed by atoms with Gasteiger partial charge in [-0.25, -0.2) is 4.98 Å². The Bertz CT molecular complexity index is 774. The van der Waals surface area contributed by atoms with Crippen molar-refractivity contribution >= 4 is 0 Å². The lowest BCUT2D eigenvalue weighted by molar-refractivity contribution is 0.203. The van der Waals surface area contributed by atoms with Crippen LogP contribution in [-0.2, 0) is 6.54 Å². The molecule has 0 bridgehead atoms. The van der Waals surface area contributed by atoms with Crippen LogP contribution < -0.4 is 14.8 Å². The molecule has 1 aromatic heterocycles. The number of likely N-dealkylation sites (tertiary alicyclic amines) is 1. The van der Waals surface area contributed by atoms with Crippen molar-refractivity contribution in [2.24, 2.45) is 0 Å². The molecular weight excluding hydrogens is 350 g/mol. The van der Waals surface area contributed by atoms with E-state index in [9.17, 15) is 0 Å². The van der Waals surface area contributed by atoms with Gasteiger partial charge in [0, 0.05) is 37.8 Å². The van der Waals surface area contributed by atoms with E-state index in [-0.39, 0.29) is 0 Å². The minimum Gasteiger partial charge on any atom is -0.497 e. The van der Waals surface area contributed by atoms with Crippen LogP contribution in [0, 0.1) is 0 Å². The maximum atomic E-state index is 5.96. The SMILES string of the molecule is COc1cccc(C2CNCc3cc(OCCCN4CCCCC4)ncc32)c1. The summed E-state index contributed by atoms with van der Waals surface area (Å²) < 4.78 is 11.3. The summed E-state index contributed by atoms with van der Waals surface area (Å²) >= 11 is 0. The van der Waals surface area contributed by atoms with Gasteiger partial charge in [-0.3, -0.25) is 0 Å². The largest absolute Gasteiger partial charge is 0.497 e. The number of benzene rings is 1. The Morgan fingerprint density at radius 1 is 1.18 bits per heavy atom. The fraction of sp³-hybridized carbons (Fsp3) is 0.522. The molecule has 2 aliphatic heterocycles. The number of ether oxygens (including phenoxy) is 2. The molecule has 5 nitrogen and oxygen atoms in total. The predicted molar refractivity (Wildman–Crippen MR) is 111 cm³/mol. The van der Waals surface area contributed by atoms with Crippen molar-refractivity contribution < 1.29 is 9.47 Å². The van der Waals surface area contributed by atoms with Gasteiger partial charge in [0.1, 0.15) is 5.75 Å². The van der Waals surface area contributed by atoms with E-state index in [1.165, 1.54) is 49.0 Å². The molecule has 1 unspecified atom stereocenters. The van der Waals surface area contributed by atoms with E-state index in [0.29, 0.717) is 5.92 Å². The Morgan fingerprint density at radius 2 is 2.07 bits per heavy atom. The summed E-state index contributed by atoms with van der Waals surface area (Å²) in [6.07, 6.45) is 7.13. The molecule has 2 aliphatic rings. The number of aromatic nitrogens is 1. The lowest BCUT2D eigenvalue weighted by Crippen LogP contribution is -2.31. The maximum absolute atomic E-state index is 5.96. The Labute approximate surface area is 168 Å². The van der Waals surface area contributed by atoms with Gasteiger partial charge in [-0.15, -0.1) is 0 Å². The Hall–Kier alpha value is -2.11. The first kappa shape index (κ1) is 19.2. The lowest BCUT2D eigenvalue weighted by atomic mass is 9.86. The van der Waals surface area contributed by atoms with Crippen molar-refractivity contribution in [2.75, 3.05) is 39.9 Å². The highest BCUT2D eigenvalue weighted by Crippen LogP contribution is 2.32. The molecule has 1 aromatic carbocycles. The van der Waals surface area contributed by atoms with E-state index in [0.717, 1.165) is 44.3 Å². The zero-order valence-electron chi connectivity index (χ0n) is 16.8. The third-order valence-corrected chi connectivity index (χ3v) is 5.85. The van der Waals surface area contributed by atoms with Crippen molar-refractivity contribution in [3.8, 4) is 11.6 Å². The summed E-state index contributed by atoms with van der Waals surface area (Å²) in [5, 5.41) is 3.53. The molecule has 0 saturated carbocycles. The standard InChI is InChI=1S/C23H31N3O2/c1-27-20-8-5-7-18(13-20)21-16-24-15-19-14-23(25-17-22(19)21)28-12-6-11-26-9-3-2-4-10-26/h5,7-8,13-14,17,21,24H,2-4,6,9-12,15-16H2,1H3. The first-order valence-corrected chi connectivity index (χ1v) is 10.5. The third-order valence-electron chi connectivity index (χ3n) is 5.85. The van der Waals surface area contributed by atoms with E-state index >= 15 is 0 Å². The van der Waals surface area contributed by atoms with Crippen LogP contribution in [0.2, 0.25) is 0 Å². The molecule has 3 heterocycles. The van der Waals surface area contributed by atoms with E-state index < -0.39 is 0 Å². The van der Waals surface area contributed by atoms with Crippen molar-refractivity contribution in [1.82, 2.24) is 15.2 Å². The zero-order chi connectivity index (χ0) is 19.2. The van der Waals surface area contributed by atoms with Gasteiger partial charge in [-0.2, -0.15) is 0 Å². The molecule has 1 saturated heterocycles. The monoisotopic (exact) mass is 381 g/mol. The molecule has 1 fully saturated rings. The number of nitrogens with zero attached hydrogens (tertiary/aromatic N) is 2. The van der Waals surface area contributed by atoms with Gasteiger partial charge in [0.05, 0.1) is 13.7 Å². The van der Waals surface area contributed by atoms with Crippen LogP contribution in [0.4, 0.5) is 0 Å². The van der Waals surface area contributed by atoms with Crippen LogP contribution >= 0.6 is 0 Å². The van der Waals surface area contributed by atoms with Crippen molar-refractivity contribution in [3.05, 3.63) is 53.2 Å². The molecule has 1 N–H and O–H groups in total. The summed E-state index contributed by atoms with van der Waals surface area (Å²) in [5.74, 6) is 1.93. The zero-order valence-corrected chi connectivity index (χ0v) is 16.8. The van der Waals surface area contributed by atoms with E-state index in [1.54, 1.807) is 7.11 Å². The summed E-state index contributed by atoms with van der Waals surface area (Å²) in [5.41, 5.74) is 3.82. The van der Waals surface area contributed by atoms with Gasteiger partial charge in [-0.1, -0.05) is 18.6 Å². The van der Waals surface area contributed by atoms with Crippen molar-refractivity contribution in [2.45, 2.75) is 38.1 Å². The third kappa shape index (κ3) is 4.65. The van der Waals surface area contributed by atoms with Crippen molar-refractivity contribution in [1.29, 1.82) is 0 Å². The Morgan fingerprint density at radius 3 is 2.93 bits per heavy atom. The molecule has 0 amide bonds. The number of fused-ring (bicyclic) bond motifs is 1. The highest BCUT2D eigenvalue weighted by molar-refractivity contribution is 5.42. The first-order valence-electron chi connectivity index (χ1n) is 10.5. The Balaban J connectivity index is 1.37. The topological polar surface area (TPSA) is 46.6 Å². The maximum Gasteiger partial charge on any atom is 0.213 e. The number of nitrogens with one attached hydrogen (secondary N) is 1. The smallest absolute Gasteiger partial charge is 0.213 e. The van der Waals surface area contributed by atoms with Crippen LogP contribution in [0.3, 0.4) is 0 Å². The highest BCUT2D eigenvalue weighted by atomic mass is 16.5.